The Morgan fingerprint density at radius 2 is 2.07 bits per heavy atom. The summed E-state index contributed by atoms with van der Waals surface area (Å²) in [5, 5.41) is 17.0. The average molecular weight is 404 g/mol. The maximum atomic E-state index is 12.7. The minimum absolute atomic E-state index is 0.0395. The maximum Gasteiger partial charge on any atom is 0.407 e. The number of hydrogen-bond acceptors (Lipinski definition) is 7. The number of H-pyrrole nitrogens is 1. The highest BCUT2D eigenvalue weighted by Crippen LogP contribution is 2.25. The summed E-state index contributed by atoms with van der Waals surface area (Å²) in [4.78, 5) is 30.8. The molecule has 2 rings (SSSR count). The van der Waals surface area contributed by atoms with Crippen molar-refractivity contribution in [2.45, 2.75) is 45.4 Å². The molecular weight excluding hydrogens is 380 g/mol. The molecule has 0 aliphatic carbocycles. The zero-order chi connectivity index (χ0) is 20.6. The van der Waals surface area contributed by atoms with E-state index >= 15 is 0 Å². The van der Waals surface area contributed by atoms with Crippen LogP contribution >= 0.6 is 0 Å². The van der Waals surface area contributed by atoms with Gasteiger partial charge in [-0.3, -0.25) is 18.9 Å². The summed E-state index contributed by atoms with van der Waals surface area (Å²) in [6, 6.07) is -0.248. The van der Waals surface area contributed by atoms with E-state index in [1.165, 1.54) is 11.9 Å². The molecule has 1 aliphatic heterocycles. The van der Waals surface area contributed by atoms with E-state index in [1.54, 1.807) is 20.8 Å². The van der Waals surface area contributed by atoms with Gasteiger partial charge in [-0.15, -0.1) is 0 Å². The predicted molar refractivity (Wildman–Crippen MR) is 93.4 cm³/mol. The predicted octanol–water partition coefficient (Wildman–Crippen LogP) is 0.593. The van der Waals surface area contributed by atoms with Crippen LogP contribution in [0.1, 0.15) is 42.5 Å². The Morgan fingerprint density at radius 3 is 2.63 bits per heavy atom. The lowest BCUT2D eigenvalue weighted by Gasteiger charge is -2.31. The Labute approximate surface area is 157 Å². The average Bonchev–Trinajstić information content (AvgIpc) is 2.92. The number of nitrogens with zero attached hydrogens (tertiary/aromatic N) is 3. The van der Waals surface area contributed by atoms with Crippen LogP contribution in [0.15, 0.2) is 0 Å². The first kappa shape index (κ1) is 21.1. The Balaban J connectivity index is 2.13. The van der Waals surface area contributed by atoms with Gasteiger partial charge >= 0.3 is 6.09 Å². The summed E-state index contributed by atoms with van der Waals surface area (Å²) in [6.07, 6.45) is 0.240. The minimum atomic E-state index is -3.65. The summed E-state index contributed by atoms with van der Waals surface area (Å²) in [6.45, 7) is 4.66. The van der Waals surface area contributed by atoms with E-state index in [9.17, 15) is 23.1 Å². The molecule has 0 fully saturated rings. The molecule has 1 atom stereocenters. The van der Waals surface area contributed by atoms with Crippen molar-refractivity contribution in [2.24, 2.45) is 0 Å². The van der Waals surface area contributed by atoms with Crippen molar-refractivity contribution in [3.63, 3.8) is 0 Å². The quantitative estimate of drug-likeness (QED) is 0.518. The smallest absolute Gasteiger partial charge is 0.407 e. The Bertz CT molecular complexity index is 833. The number of carbonyl (C=O) groups is 2. The van der Waals surface area contributed by atoms with Crippen molar-refractivity contribution in [1.29, 1.82) is 0 Å². The number of fused-ring (bicyclic) bond motifs is 1. The third-order valence-corrected chi connectivity index (χ3v) is 4.60. The maximum absolute atomic E-state index is 12.7. The molecule has 0 aromatic carbocycles. The van der Waals surface area contributed by atoms with Crippen molar-refractivity contribution in [3.05, 3.63) is 17.0 Å². The molecule has 0 radical (unpaired) electrons. The second-order valence-electron chi connectivity index (χ2n) is 7.11. The molecule has 11 nitrogen and oxygen atoms in total. The van der Waals surface area contributed by atoms with E-state index in [-0.39, 0.29) is 24.9 Å². The Morgan fingerprint density at radius 1 is 1.44 bits per heavy atom. The van der Waals surface area contributed by atoms with Crippen LogP contribution in [0, 0.1) is 0 Å². The van der Waals surface area contributed by atoms with E-state index in [0.29, 0.717) is 17.7 Å². The number of hydrogen-bond donors (Lipinski definition) is 2. The number of nitrogens with one attached hydrogen (secondary N) is 1. The van der Waals surface area contributed by atoms with Crippen LogP contribution in [0.4, 0.5) is 4.79 Å². The lowest BCUT2D eigenvalue weighted by Crippen LogP contribution is -2.43. The SMILES string of the molecule is C[C@@H]1Cc2n[nH]c(C(=O)N(C)OC(C)(C)COS(C)(=O)=O)c2CN1C(=O)O. The first-order chi connectivity index (χ1) is 12.3. The third-order valence-electron chi connectivity index (χ3n) is 4.05. The lowest BCUT2D eigenvalue weighted by atomic mass is 10.00. The van der Waals surface area contributed by atoms with Crippen LogP contribution in [0.5, 0.6) is 0 Å². The molecule has 1 aromatic rings. The minimum Gasteiger partial charge on any atom is -0.465 e. The fourth-order valence-corrected chi connectivity index (χ4v) is 3.23. The van der Waals surface area contributed by atoms with Crippen molar-refractivity contribution in [1.82, 2.24) is 20.2 Å². The van der Waals surface area contributed by atoms with Crippen LogP contribution in [-0.2, 0) is 32.1 Å². The van der Waals surface area contributed by atoms with Gasteiger partial charge in [0.25, 0.3) is 16.0 Å². The van der Waals surface area contributed by atoms with Gasteiger partial charge in [0, 0.05) is 25.1 Å². The number of aromatic amines is 1. The number of hydroxylamine groups is 2. The molecule has 12 heteroatoms. The zero-order valence-electron chi connectivity index (χ0n) is 15.8. The number of rotatable bonds is 6. The fourth-order valence-electron chi connectivity index (χ4n) is 2.74. The first-order valence-corrected chi connectivity index (χ1v) is 9.99. The van der Waals surface area contributed by atoms with E-state index in [4.69, 9.17) is 9.02 Å². The molecule has 1 aromatic heterocycles. The van der Waals surface area contributed by atoms with Gasteiger partial charge in [0.2, 0.25) is 0 Å². The van der Waals surface area contributed by atoms with Gasteiger partial charge in [0.15, 0.2) is 0 Å². The van der Waals surface area contributed by atoms with Crippen LogP contribution in [0.25, 0.3) is 0 Å². The van der Waals surface area contributed by atoms with Crippen molar-refractivity contribution in [2.75, 3.05) is 19.9 Å². The monoisotopic (exact) mass is 404 g/mol. The first-order valence-electron chi connectivity index (χ1n) is 8.18. The highest BCUT2D eigenvalue weighted by Gasteiger charge is 2.34. The van der Waals surface area contributed by atoms with Gasteiger partial charge in [-0.2, -0.15) is 13.5 Å². The van der Waals surface area contributed by atoms with E-state index in [2.05, 4.69) is 10.2 Å². The number of carboxylic acid groups (broad SMARTS) is 1. The molecule has 27 heavy (non-hydrogen) atoms. The van der Waals surface area contributed by atoms with Crippen LogP contribution in [0.2, 0.25) is 0 Å². The molecule has 0 saturated carbocycles. The van der Waals surface area contributed by atoms with Crippen molar-refractivity contribution >= 4 is 22.1 Å². The molecule has 0 unspecified atom stereocenters. The fraction of sp³-hybridized carbons (Fsp3) is 0.667. The normalized spacial score (nSPS) is 17.5. The molecule has 0 bridgehead atoms. The molecule has 0 spiro atoms. The Hall–Kier alpha value is -2.18. The molecular formula is C15H24N4O7S. The molecule has 152 valence electrons. The van der Waals surface area contributed by atoms with Gasteiger partial charge < -0.3 is 10.0 Å². The summed E-state index contributed by atoms with van der Waals surface area (Å²) < 4.78 is 27.0. The van der Waals surface area contributed by atoms with E-state index < -0.39 is 27.7 Å². The molecule has 2 heterocycles. The largest absolute Gasteiger partial charge is 0.465 e. The topological polar surface area (TPSA) is 142 Å². The van der Waals surface area contributed by atoms with Crippen LogP contribution in [0.3, 0.4) is 0 Å². The standard InChI is InChI=1S/C15H24N4O7S/c1-9-6-11-10(7-19(9)14(21)22)12(17-16-11)13(20)18(4)26-15(2,3)8-25-27(5,23)24/h9H,6-8H2,1-5H3,(H,16,17)(H,21,22)/t9-/m1/s1. The molecule has 1 aliphatic rings. The van der Waals surface area contributed by atoms with Gasteiger partial charge in [-0.05, 0) is 20.8 Å². The number of aromatic nitrogens is 2. The molecule has 0 saturated heterocycles. The van der Waals surface area contributed by atoms with Gasteiger partial charge in [-0.1, -0.05) is 0 Å². The number of carbonyl (C=O) groups excluding carboxylic acids is 1. The van der Waals surface area contributed by atoms with Crippen LogP contribution < -0.4 is 0 Å². The lowest BCUT2D eigenvalue weighted by molar-refractivity contribution is -0.199. The van der Waals surface area contributed by atoms with Crippen LogP contribution in [-0.4, -0.2) is 77.2 Å². The zero-order valence-corrected chi connectivity index (χ0v) is 16.7. The van der Waals surface area contributed by atoms with Gasteiger partial charge in [0.1, 0.15) is 11.3 Å². The summed E-state index contributed by atoms with van der Waals surface area (Å²) in [5.74, 6) is -0.559. The number of amides is 2. The summed E-state index contributed by atoms with van der Waals surface area (Å²) >= 11 is 0. The van der Waals surface area contributed by atoms with Crippen molar-refractivity contribution in [3.8, 4) is 0 Å². The van der Waals surface area contributed by atoms with Crippen molar-refractivity contribution < 1.29 is 32.1 Å². The van der Waals surface area contributed by atoms with E-state index in [1.807, 2.05) is 0 Å². The highest BCUT2D eigenvalue weighted by atomic mass is 32.2. The molecule has 2 N–H and O–H groups in total. The second-order valence-corrected chi connectivity index (χ2v) is 8.75. The highest BCUT2D eigenvalue weighted by molar-refractivity contribution is 7.85. The third kappa shape index (κ3) is 5.17. The summed E-state index contributed by atoms with van der Waals surface area (Å²) in [5.41, 5.74) is 0.165. The van der Waals surface area contributed by atoms with Gasteiger partial charge in [-0.25, -0.2) is 9.86 Å². The summed E-state index contributed by atoms with van der Waals surface area (Å²) in [7, 11) is -2.28. The molecule has 2 amide bonds. The van der Waals surface area contributed by atoms with Gasteiger partial charge in [0.05, 0.1) is 25.1 Å². The van der Waals surface area contributed by atoms with E-state index in [0.717, 1.165) is 11.3 Å². The second kappa shape index (κ2) is 7.44. The Kier molecular flexibility index (Phi) is 5.82.